The maximum atomic E-state index is 3.26. The maximum Gasteiger partial charge on any atom is 0.0794 e. The summed E-state index contributed by atoms with van der Waals surface area (Å²) in [5.74, 6) is 2.06. The lowest BCUT2D eigenvalue weighted by atomic mass is 10.1. The first-order valence-electron chi connectivity index (χ1n) is 3.05. The van der Waals surface area contributed by atoms with Crippen molar-refractivity contribution in [1.29, 1.82) is 0 Å². The SMILES string of the molecule is [CH]1NC2C=CC=CC2S1. The van der Waals surface area contributed by atoms with Gasteiger partial charge in [0.25, 0.3) is 0 Å². The first-order valence-corrected chi connectivity index (χ1v) is 3.99. The fraction of sp³-hybridized carbons (Fsp3) is 0.286. The van der Waals surface area contributed by atoms with E-state index in [0.717, 1.165) is 0 Å². The molecule has 0 bridgehead atoms. The second-order valence-corrected chi connectivity index (χ2v) is 3.23. The largest absolute Gasteiger partial charge is 0.296 e. The third-order valence-corrected chi connectivity index (χ3v) is 2.61. The Labute approximate surface area is 59.2 Å². The molecule has 0 spiro atoms. The second kappa shape index (κ2) is 2.20. The van der Waals surface area contributed by atoms with Crippen LogP contribution in [0.5, 0.6) is 0 Å². The molecule has 0 aromatic rings. The summed E-state index contributed by atoms with van der Waals surface area (Å²) in [5, 5.41) is 3.91. The molecule has 0 amide bonds. The highest BCUT2D eigenvalue weighted by Crippen LogP contribution is 2.27. The van der Waals surface area contributed by atoms with E-state index < -0.39 is 0 Å². The Morgan fingerprint density at radius 3 is 3.00 bits per heavy atom. The lowest BCUT2D eigenvalue weighted by molar-refractivity contribution is 0.735. The molecule has 9 heavy (non-hydrogen) atoms. The monoisotopic (exact) mass is 138 g/mol. The van der Waals surface area contributed by atoms with E-state index in [4.69, 9.17) is 0 Å². The Hall–Kier alpha value is -0.210. The predicted octanol–water partition coefficient (Wildman–Crippen LogP) is 1.31. The molecule has 2 aliphatic rings. The number of thioether (sulfide) groups is 1. The van der Waals surface area contributed by atoms with Gasteiger partial charge < -0.3 is 0 Å². The van der Waals surface area contributed by atoms with Gasteiger partial charge in [-0.2, -0.15) is 0 Å². The molecular weight excluding hydrogens is 130 g/mol. The highest BCUT2D eigenvalue weighted by atomic mass is 32.2. The van der Waals surface area contributed by atoms with E-state index in [-0.39, 0.29) is 0 Å². The van der Waals surface area contributed by atoms with Crippen molar-refractivity contribution in [2.45, 2.75) is 11.3 Å². The van der Waals surface area contributed by atoms with E-state index >= 15 is 0 Å². The third-order valence-electron chi connectivity index (χ3n) is 1.57. The molecule has 1 fully saturated rings. The van der Waals surface area contributed by atoms with E-state index in [1.54, 1.807) is 0 Å². The molecule has 47 valence electrons. The van der Waals surface area contributed by atoms with Crippen molar-refractivity contribution < 1.29 is 0 Å². The van der Waals surface area contributed by atoms with Crippen LogP contribution in [-0.2, 0) is 0 Å². The summed E-state index contributed by atoms with van der Waals surface area (Å²) in [4.78, 5) is 0. The van der Waals surface area contributed by atoms with Gasteiger partial charge in [0.05, 0.1) is 5.88 Å². The van der Waals surface area contributed by atoms with Crippen LogP contribution in [0.1, 0.15) is 0 Å². The fourth-order valence-corrected chi connectivity index (χ4v) is 1.98. The average Bonchev–Trinajstić information content (AvgIpc) is 2.33. The first-order chi connectivity index (χ1) is 4.47. The molecule has 1 radical (unpaired) electrons. The van der Waals surface area contributed by atoms with Crippen LogP contribution in [0.15, 0.2) is 24.3 Å². The van der Waals surface area contributed by atoms with Gasteiger partial charge in [-0.25, -0.2) is 0 Å². The zero-order valence-corrected chi connectivity index (χ0v) is 5.77. The minimum absolute atomic E-state index is 0.556. The second-order valence-electron chi connectivity index (χ2n) is 2.18. The van der Waals surface area contributed by atoms with Gasteiger partial charge >= 0.3 is 0 Å². The molecule has 1 N–H and O–H groups in total. The molecule has 0 aromatic carbocycles. The molecule has 0 saturated carbocycles. The van der Waals surface area contributed by atoms with Crippen LogP contribution in [0.25, 0.3) is 0 Å². The van der Waals surface area contributed by atoms with Crippen molar-refractivity contribution in [2.24, 2.45) is 0 Å². The number of hydrogen-bond acceptors (Lipinski definition) is 2. The van der Waals surface area contributed by atoms with Crippen molar-refractivity contribution in [3.8, 4) is 0 Å². The van der Waals surface area contributed by atoms with Crippen LogP contribution >= 0.6 is 11.8 Å². The molecule has 1 aliphatic carbocycles. The van der Waals surface area contributed by atoms with Gasteiger partial charge in [-0.05, 0) is 0 Å². The quantitative estimate of drug-likeness (QED) is 0.541. The molecular formula is C7H8NS. The summed E-state index contributed by atoms with van der Waals surface area (Å²) in [7, 11) is 0. The van der Waals surface area contributed by atoms with Crippen LogP contribution in [0.3, 0.4) is 0 Å². The smallest absolute Gasteiger partial charge is 0.0794 e. The zero-order valence-electron chi connectivity index (χ0n) is 4.95. The summed E-state index contributed by atoms with van der Waals surface area (Å²) in [6.45, 7) is 0. The number of rotatable bonds is 0. The summed E-state index contributed by atoms with van der Waals surface area (Å²) in [6, 6.07) is 0.556. The van der Waals surface area contributed by atoms with Gasteiger partial charge in [-0.3, -0.25) is 5.32 Å². The number of fused-ring (bicyclic) bond motifs is 1. The topological polar surface area (TPSA) is 12.0 Å². The lowest BCUT2D eigenvalue weighted by Crippen LogP contribution is -2.26. The van der Waals surface area contributed by atoms with Gasteiger partial charge in [0.1, 0.15) is 0 Å². The van der Waals surface area contributed by atoms with E-state index in [2.05, 4.69) is 35.5 Å². The van der Waals surface area contributed by atoms with Gasteiger partial charge in [-0.1, -0.05) is 24.3 Å². The summed E-state index contributed by atoms with van der Waals surface area (Å²) >= 11 is 1.85. The summed E-state index contributed by atoms with van der Waals surface area (Å²) in [6.07, 6.45) is 8.62. The van der Waals surface area contributed by atoms with Crippen molar-refractivity contribution in [1.82, 2.24) is 5.32 Å². The van der Waals surface area contributed by atoms with E-state index in [1.807, 2.05) is 11.8 Å². The molecule has 0 aromatic heterocycles. The standard InChI is InChI=1S/C7H8NS/c1-2-4-7-6(3-1)8-5-9-7/h1-8H. The van der Waals surface area contributed by atoms with Crippen molar-refractivity contribution in [2.75, 3.05) is 0 Å². The van der Waals surface area contributed by atoms with Crippen LogP contribution in [0, 0.1) is 5.88 Å². The average molecular weight is 138 g/mol. The molecule has 1 heterocycles. The zero-order chi connectivity index (χ0) is 6.10. The molecule has 1 nitrogen and oxygen atoms in total. The summed E-state index contributed by atoms with van der Waals surface area (Å²) in [5.41, 5.74) is 0. The predicted molar refractivity (Wildman–Crippen MR) is 40.9 cm³/mol. The molecule has 2 atom stereocenters. The van der Waals surface area contributed by atoms with Gasteiger partial charge in [0.15, 0.2) is 0 Å². The molecule has 1 saturated heterocycles. The van der Waals surface area contributed by atoms with E-state index in [9.17, 15) is 0 Å². The molecule has 2 unspecified atom stereocenters. The number of nitrogens with one attached hydrogen (secondary N) is 1. The van der Waals surface area contributed by atoms with Gasteiger partial charge in [0.2, 0.25) is 0 Å². The highest BCUT2D eigenvalue weighted by molar-refractivity contribution is 8.02. The molecule has 1 aliphatic heterocycles. The molecule has 2 heteroatoms. The Morgan fingerprint density at radius 1 is 1.22 bits per heavy atom. The normalized spacial score (nSPS) is 39.1. The third kappa shape index (κ3) is 0.926. The Bertz CT molecular complexity index is 144. The maximum absolute atomic E-state index is 3.26. The van der Waals surface area contributed by atoms with E-state index in [0.29, 0.717) is 11.3 Å². The highest BCUT2D eigenvalue weighted by Gasteiger charge is 2.23. The summed E-state index contributed by atoms with van der Waals surface area (Å²) < 4.78 is 0. The Morgan fingerprint density at radius 2 is 2.11 bits per heavy atom. The Balaban J connectivity index is 2.18. The van der Waals surface area contributed by atoms with Gasteiger partial charge in [-0.15, -0.1) is 11.8 Å². The first kappa shape index (κ1) is 5.57. The van der Waals surface area contributed by atoms with E-state index in [1.165, 1.54) is 0 Å². The minimum Gasteiger partial charge on any atom is -0.296 e. The van der Waals surface area contributed by atoms with Crippen LogP contribution in [0.2, 0.25) is 0 Å². The Kier molecular flexibility index (Phi) is 1.36. The van der Waals surface area contributed by atoms with Crippen molar-refractivity contribution in [3.05, 3.63) is 30.2 Å². The van der Waals surface area contributed by atoms with Crippen molar-refractivity contribution >= 4 is 11.8 Å². The van der Waals surface area contributed by atoms with Crippen molar-refractivity contribution in [3.63, 3.8) is 0 Å². The number of hydrogen-bond donors (Lipinski definition) is 1. The van der Waals surface area contributed by atoms with Gasteiger partial charge in [0, 0.05) is 11.3 Å². The number of allylic oxidation sites excluding steroid dienone is 2. The van der Waals surface area contributed by atoms with Crippen LogP contribution < -0.4 is 5.32 Å². The lowest BCUT2D eigenvalue weighted by Gasteiger charge is -2.12. The van der Waals surface area contributed by atoms with Crippen LogP contribution in [-0.4, -0.2) is 11.3 Å². The van der Waals surface area contributed by atoms with Crippen LogP contribution in [0.4, 0.5) is 0 Å². The minimum atomic E-state index is 0.556. The molecule has 2 rings (SSSR count). The fourth-order valence-electron chi connectivity index (χ4n) is 1.06.